The van der Waals surface area contributed by atoms with Gasteiger partial charge in [-0.15, -0.1) is 0 Å². The van der Waals surface area contributed by atoms with Crippen molar-refractivity contribution >= 4 is 22.5 Å². The van der Waals surface area contributed by atoms with Crippen molar-refractivity contribution in [2.45, 2.75) is 0 Å². The van der Waals surface area contributed by atoms with E-state index in [0.717, 1.165) is 38.8 Å². The largest absolute Gasteiger partial charge is 0.465 e. The molecule has 0 N–H and O–H groups in total. The molecule has 0 aliphatic carbocycles. The molecule has 3 aromatic heterocycles. The number of carbonyl (C=O) groups excluding carboxylic acids is 1. The summed E-state index contributed by atoms with van der Waals surface area (Å²) in [6.07, 6.45) is 7.38. The second kappa shape index (κ2) is 6.83. The van der Waals surface area contributed by atoms with Gasteiger partial charge in [0.05, 0.1) is 24.4 Å². The molecule has 0 fully saturated rings. The molecule has 140 valence electrons. The molecule has 0 aliphatic rings. The highest BCUT2D eigenvalue weighted by atomic mass is 16.5. The number of pyridine rings is 1. The first kappa shape index (κ1) is 17.1. The Bertz CT molecular complexity index is 1350. The van der Waals surface area contributed by atoms with Gasteiger partial charge in [-0.2, -0.15) is 5.10 Å². The topological polar surface area (TPSA) is 69.4 Å². The van der Waals surface area contributed by atoms with E-state index in [4.69, 9.17) is 4.74 Å². The third-order valence-corrected chi connectivity index (χ3v) is 4.93. The van der Waals surface area contributed by atoms with Crippen LogP contribution in [0.2, 0.25) is 0 Å². The van der Waals surface area contributed by atoms with E-state index < -0.39 is 0 Å². The number of fused-ring (bicyclic) bond motifs is 2. The number of methoxy groups -OCH3 is 1. The summed E-state index contributed by atoms with van der Waals surface area (Å²) in [5.41, 5.74) is 6.07. The Morgan fingerprint density at radius 2 is 1.72 bits per heavy atom. The van der Waals surface area contributed by atoms with Crippen molar-refractivity contribution in [3.63, 3.8) is 0 Å². The van der Waals surface area contributed by atoms with Gasteiger partial charge in [0.15, 0.2) is 5.65 Å². The molecule has 2 aromatic carbocycles. The number of esters is 1. The molecule has 0 saturated heterocycles. The van der Waals surface area contributed by atoms with Crippen molar-refractivity contribution < 1.29 is 9.53 Å². The molecule has 0 amide bonds. The van der Waals surface area contributed by atoms with Crippen LogP contribution in [0, 0.1) is 0 Å². The Balaban J connectivity index is 1.58. The van der Waals surface area contributed by atoms with E-state index in [2.05, 4.69) is 21.1 Å². The maximum Gasteiger partial charge on any atom is 0.337 e. The van der Waals surface area contributed by atoms with E-state index >= 15 is 0 Å². The van der Waals surface area contributed by atoms with Crippen LogP contribution < -0.4 is 0 Å². The molecule has 0 aliphatic heterocycles. The number of aromatic nitrogens is 4. The number of hydrogen-bond acceptors (Lipinski definition) is 5. The summed E-state index contributed by atoms with van der Waals surface area (Å²) in [6, 6.07) is 17.2. The molecule has 0 unspecified atom stereocenters. The second-order valence-corrected chi connectivity index (χ2v) is 6.61. The fraction of sp³-hybridized carbons (Fsp3) is 0.0435. The predicted octanol–water partition coefficient (Wildman–Crippen LogP) is 4.40. The summed E-state index contributed by atoms with van der Waals surface area (Å²) in [5.74, 6) is -0.355. The normalized spacial score (nSPS) is 11.1. The van der Waals surface area contributed by atoms with Gasteiger partial charge in [0.25, 0.3) is 0 Å². The van der Waals surface area contributed by atoms with Crippen molar-refractivity contribution in [1.82, 2.24) is 19.6 Å². The van der Waals surface area contributed by atoms with E-state index in [0.29, 0.717) is 5.56 Å². The third-order valence-electron chi connectivity index (χ3n) is 4.93. The maximum atomic E-state index is 11.6. The molecule has 3 heterocycles. The van der Waals surface area contributed by atoms with Crippen LogP contribution in [0.1, 0.15) is 10.4 Å². The van der Waals surface area contributed by atoms with Crippen molar-refractivity contribution in [2.24, 2.45) is 0 Å². The minimum Gasteiger partial charge on any atom is -0.465 e. The van der Waals surface area contributed by atoms with Gasteiger partial charge in [-0.25, -0.2) is 14.3 Å². The molecule has 0 saturated carbocycles. The zero-order valence-electron chi connectivity index (χ0n) is 15.6. The standard InChI is InChI=1S/C23H16N4O2/c1-29-23(28)16-8-6-15(7-9-16)17-12-25-22-20(13-26-27(22)14-17)18-10-11-24-21-5-3-2-4-19(18)21/h2-14H,1H3. The molecule has 5 rings (SSSR count). The third kappa shape index (κ3) is 2.91. The van der Waals surface area contributed by atoms with E-state index in [1.165, 1.54) is 7.11 Å². The van der Waals surface area contributed by atoms with Crippen LogP contribution in [0.15, 0.2) is 79.4 Å². The Morgan fingerprint density at radius 3 is 2.55 bits per heavy atom. The molecular weight excluding hydrogens is 364 g/mol. The highest BCUT2D eigenvalue weighted by molar-refractivity contribution is 5.97. The average molecular weight is 380 g/mol. The van der Waals surface area contributed by atoms with Gasteiger partial charge in [0.1, 0.15) is 0 Å². The minimum atomic E-state index is -0.355. The number of nitrogens with zero attached hydrogens (tertiary/aromatic N) is 4. The van der Waals surface area contributed by atoms with Gasteiger partial charge >= 0.3 is 5.97 Å². The highest BCUT2D eigenvalue weighted by Crippen LogP contribution is 2.30. The Kier molecular flexibility index (Phi) is 4.02. The van der Waals surface area contributed by atoms with Crippen molar-refractivity contribution in [3.8, 4) is 22.3 Å². The Labute approximate surface area is 166 Å². The minimum absolute atomic E-state index is 0.355. The first-order chi connectivity index (χ1) is 14.2. The summed E-state index contributed by atoms with van der Waals surface area (Å²) < 4.78 is 6.52. The fourth-order valence-corrected chi connectivity index (χ4v) is 3.46. The van der Waals surface area contributed by atoms with Gasteiger partial charge in [0, 0.05) is 35.1 Å². The molecule has 0 radical (unpaired) electrons. The molecule has 0 bridgehead atoms. The summed E-state index contributed by atoms with van der Waals surface area (Å²) in [7, 11) is 1.37. The summed E-state index contributed by atoms with van der Waals surface area (Å²) in [6.45, 7) is 0. The van der Waals surface area contributed by atoms with Crippen molar-refractivity contribution in [2.75, 3.05) is 7.11 Å². The van der Waals surface area contributed by atoms with E-state index in [9.17, 15) is 4.79 Å². The molecule has 0 spiro atoms. The van der Waals surface area contributed by atoms with Crippen LogP contribution in [0.25, 0.3) is 38.8 Å². The smallest absolute Gasteiger partial charge is 0.337 e. The molecule has 6 nitrogen and oxygen atoms in total. The van der Waals surface area contributed by atoms with E-state index in [1.54, 1.807) is 22.8 Å². The highest BCUT2D eigenvalue weighted by Gasteiger charge is 2.13. The lowest BCUT2D eigenvalue weighted by Crippen LogP contribution is -2.00. The maximum absolute atomic E-state index is 11.6. The number of carbonyl (C=O) groups is 1. The lowest BCUT2D eigenvalue weighted by atomic mass is 10.0. The molecule has 29 heavy (non-hydrogen) atoms. The molecule has 5 aromatic rings. The number of benzene rings is 2. The molecular formula is C23H16N4O2. The van der Waals surface area contributed by atoms with Crippen LogP contribution >= 0.6 is 0 Å². The predicted molar refractivity (Wildman–Crippen MR) is 110 cm³/mol. The zero-order chi connectivity index (χ0) is 19.8. The van der Waals surface area contributed by atoms with Crippen molar-refractivity contribution in [1.29, 1.82) is 0 Å². The Hall–Kier alpha value is -4.06. The summed E-state index contributed by atoms with van der Waals surface area (Å²) in [5, 5.41) is 5.57. The van der Waals surface area contributed by atoms with E-state index in [-0.39, 0.29) is 5.97 Å². The van der Waals surface area contributed by atoms with Gasteiger partial charge in [0.2, 0.25) is 0 Å². The van der Waals surface area contributed by atoms with Gasteiger partial charge in [-0.3, -0.25) is 4.98 Å². The fourth-order valence-electron chi connectivity index (χ4n) is 3.46. The van der Waals surface area contributed by atoms with Crippen LogP contribution in [0.4, 0.5) is 0 Å². The number of ether oxygens (including phenoxy) is 1. The first-order valence-electron chi connectivity index (χ1n) is 9.11. The monoisotopic (exact) mass is 380 g/mol. The van der Waals surface area contributed by atoms with Gasteiger partial charge < -0.3 is 4.74 Å². The number of hydrogen-bond donors (Lipinski definition) is 0. The van der Waals surface area contributed by atoms with Gasteiger partial charge in [-0.1, -0.05) is 30.3 Å². The van der Waals surface area contributed by atoms with Crippen LogP contribution in [0.3, 0.4) is 0 Å². The summed E-state index contributed by atoms with van der Waals surface area (Å²) in [4.78, 5) is 20.7. The van der Waals surface area contributed by atoms with E-state index in [1.807, 2.05) is 55.0 Å². The van der Waals surface area contributed by atoms with Crippen LogP contribution in [-0.4, -0.2) is 32.7 Å². The molecule has 0 atom stereocenters. The van der Waals surface area contributed by atoms with Crippen LogP contribution in [-0.2, 0) is 4.74 Å². The SMILES string of the molecule is COC(=O)c1ccc(-c2cnc3c(-c4ccnc5ccccc45)cnn3c2)cc1. The van der Waals surface area contributed by atoms with Gasteiger partial charge in [-0.05, 0) is 35.4 Å². The lowest BCUT2D eigenvalue weighted by molar-refractivity contribution is 0.0601. The molecule has 6 heteroatoms. The quantitative estimate of drug-likeness (QED) is 0.434. The summed E-state index contributed by atoms with van der Waals surface area (Å²) >= 11 is 0. The van der Waals surface area contributed by atoms with Crippen LogP contribution in [0.5, 0.6) is 0 Å². The Morgan fingerprint density at radius 1 is 0.897 bits per heavy atom. The second-order valence-electron chi connectivity index (χ2n) is 6.61. The number of para-hydroxylation sites is 1. The number of rotatable bonds is 3. The lowest BCUT2D eigenvalue weighted by Gasteiger charge is -2.06. The first-order valence-corrected chi connectivity index (χ1v) is 9.11. The average Bonchev–Trinajstić information content (AvgIpc) is 3.21. The van der Waals surface area contributed by atoms with Crippen molar-refractivity contribution in [3.05, 3.63) is 84.9 Å². The zero-order valence-corrected chi connectivity index (χ0v) is 15.6.